The minimum atomic E-state index is 0.727. The van der Waals surface area contributed by atoms with E-state index >= 15 is 0 Å². The van der Waals surface area contributed by atoms with Crippen LogP contribution in [0.15, 0.2) is 65.8 Å². The topological polar surface area (TPSA) is 26.5 Å². The second-order valence-electron chi connectivity index (χ2n) is 5.19. The SMILES string of the molecule is COc1ccc(-n2cccc2C=Nc2ccc(C)c(Cl)c2)cc1. The van der Waals surface area contributed by atoms with Crippen LogP contribution in [-0.2, 0) is 0 Å². The number of benzene rings is 2. The molecule has 2 aromatic carbocycles. The second kappa shape index (κ2) is 6.71. The van der Waals surface area contributed by atoms with E-state index in [4.69, 9.17) is 16.3 Å². The molecule has 3 nitrogen and oxygen atoms in total. The quantitative estimate of drug-likeness (QED) is 0.606. The summed E-state index contributed by atoms with van der Waals surface area (Å²) in [5.41, 5.74) is 3.93. The van der Waals surface area contributed by atoms with Crippen LogP contribution in [0.25, 0.3) is 5.69 Å². The highest BCUT2D eigenvalue weighted by atomic mass is 35.5. The first-order valence-corrected chi connectivity index (χ1v) is 7.67. The Hall–Kier alpha value is -2.52. The summed E-state index contributed by atoms with van der Waals surface area (Å²) in [7, 11) is 1.66. The predicted octanol–water partition coefficient (Wildman–Crippen LogP) is 5.20. The molecule has 0 aliphatic heterocycles. The molecule has 1 heterocycles. The molecule has 0 radical (unpaired) electrons. The molecule has 0 aliphatic rings. The van der Waals surface area contributed by atoms with E-state index in [1.54, 1.807) is 7.11 Å². The van der Waals surface area contributed by atoms with Crippen LogP contribution >= 0.6 is 11.6 Å². The van der Waals surface area contributed by atoms with Crippen LogP contribution in [0.3, 0.4) is 0 Å². The zero-order chi connectivity index (χ0) is 16.2. The Morgan fingerprint density at radius 2 is 1.87 bits per heavy atom. The van der Waals surface area contributed by atoms with Gasteiger partial charge < -0.3 is 9.30 Å². The third kappa shape index (κ3) is 3.46. The predicted molar refractivity (Wildman–Crippen MR) is 95.8 cm³/mol. The summed E-state index contributed by atoms with van der Waals surface area (Å²) in [4.78, 5) is 4.52. The molecule has 4 heteroatoms. The van der Waals surface area contributed by atoms with Gasteiger partial charge in [0.25, 0.3) is 0 Å². The van der Waals surface area contributed by atoms with Gasteiger partial charge in [-0.15, -0.1) is 0 Å². The van der Waals surface area contributed by atoms with Crippen molar-refractivity contribution in [2.75, 3.05) is 7.11 Å². The van der Waals surface area contributed by atoms with E-state index in [9.17, 15) is 0 Å². The molecule has 0 fully saturated rings. The Morgan fingerprint density at radius 3 is 2.57 bits per heavy atom. The number of hydrogen-bond donors (Lipinski definition) is 0. The summed E-state index contributed by atoms with van der Waals surface area (Å²) < 4.78 is 7.26. The first-order valence-electron chi connectivity index (χ1n) is 7.29. The molecular formula is C19H17ClN2O. The van der Waals surface area contributed by atoms with Crippen LogP contribution in [-0.4, -0.2) is 17.9 Å². The molecular weight excluding hydrogens is 308 g/mol. The van der Waals surface area contributed by atoms with Gasteiger partial charge in [-0.25, -0.2) is 0 Å². The van der Waals surface area contributed by atoms with Gasteiger partial charge in [0.05, 0.1) is 24.7 Å². The van der Waals surface area contributed by atoms with E-state index < -0.39 is 0 Å². The van der Waals surface area contributed by atoms with Gasteiger partial charge in [0.1, 0.15) is 5.75 Å². The molecule has 0 saturated heterocycles. The zero-order valence-electron chi connectivity index (χ0n) is 13.0. The van der Waals surface area contributed by atoms with Gasteiger partial charge >= 0.3 is 0 Å². The normalized spacial score (nSPS) is 11.1. The lowest BCUT2D eigenvalue weighted by Gasteiger charge is -2.07. The molecule has 0 unspecified atom stereocenters. The number of ether oxygens (including phenoxy) is 1. The van der Waals surface area contributed by atoms with E-state index in [0.29, 0.717) is 0 Å². The number of nitrogens with zero attached hydrogens (tertiary/aromatic N) is 2. The molecule has 0 aliphatic carbocycles. The number of hydrogen-bond acceptors (Lipinski definition) is 2. The Morgan fingerprint density at radius 1 is 1.09 bits per heavy atom. The third-order valence-electron chi connectivity index (χ3n) is 3.63. The Labute approximate surface area is 140 Å². The lowest BCUT2D eigenvalue weighted by Crippen LogP contribution is -1.97. The van der Waals surface area contributed by atoms with Crippen molar-refractivity contribution >= 4 is 23.5 Å². The summed E-state index contributed by atoms with van der Waals surface area (Å²) in [5.74, 6) is 0.838. The Balaban J connectivity index is 1.88. The molecule has 23 heavy (non-hydrogen) atoms. The molecule has 0 saturated carbocycles. The largest absolute Gasteiger partial charge is 0.497 e. The van der Waals surface area contributed by atoms with Crippen LogP contribution in [0.2, 0.25) is 5.02 Å². The van der Waals surface area contributed by atoms with Crippen molar-refractivity contribution in [2.45, 2.75) is 6.92 Å². The maximum atomic E-state index is 6.14. The van der Waals surface area contributed by atoms with Gasteiger partial charge in [-0.05, 0) is 61.0 Å². The van der Waals surface area contributed by atoms with E-state index in [1.807, 2.05) is 73.9 Å². The number of aromatic nitrogens is 1. The fraction of sp³-hybridized carbons (Fsp3) is 0.105. The highest BCUT2D eigenvalue weighted by molar-refractivity contribution is 6.31. The van der Waals surface area contributed by atoms with E-state index in [1.165, 1.54) is 0 Å². The molecule has 116 valence electrons. The number of methoxy groups -OCH3 is 1. The number of aliphatic imine (C=N–C) groups is 1. The summed E-state index contributed by atoms with van der Waals surface area (Å²) in [6.07, 6.45) is 3.84. The molecule has 0 amide bonds. The average molecular weight is 325 g/mol. The lowest BCUT2D eigenvalue weighted by molar-refractivity contribution is 0.415. The fourth-order valence-electron chi connectivity index (χ4n) is 2.28. The maximum Gasteiger partial charge on any atom is 0.119 e. The second-order valence-corrected chi connectivity index (χ2v) is 5.60. The minimum Gasteiger partial charge on any atom is -0.497 e. The molecule has 3 aromatic rings. The smallest absolute Gasteiger partial charge is 0.119 e. The van der Waals surface area contributed by atoms with Crippen molar-refractivity contribution in [2.24, 2.45) is 4.99 Å². The molecule has 0 bridgehead atoms. The first kappa shape index (κ1) is 15.4. The maximum absolute atomic E-state index is 6.14. The highest BCUT2D eigenvalue weighted by Gasteiger charge is 2.02. The number of rotatable bonds is 4. The van der Waals surface area contributed by atoms with Crippen molar-refractivity contribution in [1.29, 1.82) is 0 Å². The number of aryl methyl sites for hydroxylation is 1. The molecule has 0 spiro atoms. The molecule has 0 N–H and O–H groups in total. The average Bonchev–Trinajstić information content (AvgIpc) is 3.04. The van der Waals surface area contributed by atoms with Gasteiger partial charge in [-0.3, -0.25) is 4.99 Å². The van der Waals surface area contributed by atoms with Gasteiger partial charge in [0.2, 0.25) is 0 Å². The van der Waals surface area contributed by atoms with Crippen LogP contribution in [0.5, 0.6) is 5.75 Å². The standard InChI is InChI=1S/C19H17ClN2O/c1-14-5-6-15(12-19(14)20)21-13-17-4-3-11-22(17)16-7-9-18(23-2)10-8-16/h3-13H,1-2H3. The molecule has 3 rings (SSSR count). The summed E-state index contributed by atoms with van der Waals surface area (Å²) in [6.45, 7) is 1.98. The van der Waals surface area contributed by atoms with Crippen molar-refractivity contribution in [3.05, 3.63) is 77.1 Å². The monoisotopic (exact) mass is 324 g/mol. The van der Waals surface area contributed by atoms with Crippen molar-refractivity contribution in [1.82, 2.24) is 4.57 Å². The third-order valence-corrected chi connectivity index (χ3v) is 4.04. The fourth-order valence-corrected chi connectivity index (χ4v) is 2.45. The van der Waals surface area contributed by atoms with Gasteiger partial charge in [0.15, 0.2) is 0 Å². The Bertz CT molecular complexity index is 835. The lowest BCUT2D eigenvalue weighted by atomic mass is 10.2. The van der Waals surface area contributed by atoms with E-state index in [-0.39, 0.29) is 0 Å². The van der Waals surface area contributed by atoms with Gasteiger partial charge in [-0.1, -0.05) is 17.7 Å². The van der Waals surface area contributed by atoms with Gasteiger partial charge in [0, 0.05) is 16.9 Å². The Kier molecular flexibility index (Phi) is 4.49. The molecule has 0 atom stereocenters. The number of halogens is 1. The van der Waals surface area contributed by atoms with Crippen LogP contribution < -0.4 is 4.74 Å². The van der Waals surface area contributed by atoms with E-state index in [2.05, 4.69) is 9.56 Å². The van der Waals surface area contributed by atoms with Crippen molar-refractivity contribution in [3.8, 4) is 11.4 Å². The summed E-state index contributed by atoms with van der Waals surface area (Å²) in [5, 5.41) is 0.727. The summed E-state index contributed by atoms with van der Waals surface area (Å²) in [6, 6.07) is 17.7. The van der Waals surface area contributed by atoms with Crippen LogP contribution in [0, 0.1) is 6.92 Å². The van der Waals surface area contributed by atoms with Gasteiger partial charge in [-0.2, -0.15) is 0 Å². The van der Waals surface area contributed by atoms with Crippen LogP contribution in [0.4, 0.5) is 5.69 Å². The van der Waals surface area contributed by atoms with Crippen molar-refractivity contribution < 1.29 is 4.74 Å². The molecule has 1 aromatic heterocycles. The zero-order valence-corrected chi connectivity index (χ0v) is 13.8. The van der Waals surface area contributed by atoms with E-state index in [0.717, 1.165) is 33.4 Å². The first-order chi connectivity index (χ1) is 11.2. The summed E-state index contributed by atoms with van der Waals surface area (Å²) >= 11 is 6.14. The highest BCUT2D eigenvalue weighted by Crippen LogP contribution is 2.22. The van der Waals surface area contributed by atoms with Crippen molar-refractivity contribution in [3.63, 3.8) is 0 Å². The van der Waals surface area contributed by atoms with Crippen LogP contribution in [0.1, 0.15) is 11.3 Å². The minimum absolute atomic E-state index is 0.727.